The highest BCUT2D eigenvalue weighted by atomic mass is 32.2. The number of hydrogen-bond donors (Lipinski definition) is 1. The topological polar surface area (TPSA) is 95.4 Å². The zero-order valence-corrected chi connectivity index (χ0v) is 13.5. The van der Waals surface area contributed by atoms with Gasteiger partial charge in [0.1, 0.15) is 10.6 Å². The third-order valence-corrected chi connectivity index (χ3v) is 3.93. The van der Waals surface area contributed by atoms with E-state index >= 15 is 0 Å². The van der Waals surface area contributed by atoms with Crippen molar-refractivity contribution in [2.24, 2.45) is 0 Å². The van der Waals surface area contributed by atoms with Gasteiger partial charge in [0.05, 0.1) is 6.61 Å². The number of hydrogen-bond acceptors (Lipinski definition) is 7. The summed E-state index contributed by atoms with van der Waals surface area (Å²) in [6.07, 6.45) is 1.81. The fourth-order valence-electron chi connectivity index (χ4n) is 2.27. The molecule has 0 radical (unpaired) electrons. The van der Waals surface area contributed by atoms with Crippen molar-refractivity contribution in [2.75, 3.05) is 18.6 Å². The molecule has 0 aliphatic rings. The number of carbonyl (C=O) groups excluding carboxylic acids is 1. The number of benzene rings is 1. The Labute approximate surface area is 136 Å². The summed E-state index contributed by atoms with van der Waals surface area (Å²) in [5.41, 5.74) is 7.53. The van der Waals surface area contributed by atoms with Crippen LogP contribution in [0.5, 0.6) is 0 Å². The van der Waals surface area contributed by atoms with Crippen LogP contribution in [0.2, 0.25) is 0 Å². The molecule has 7 nitrogen and oxygen atoms in total. The van der Waals surface area contributed by atoms with Crippen LogP contribution < -0.4 is 5.73 Å². The number of thioether (sulfide) groups is 1. The van der Waals surface area contributed by atoms with E-state index in [2.05, 4.69) is 15.2 Å². The van der Waals surface area contributed by atoms with E-state index in [1.54, 1.807) is 11.3 Å². The first-order valence-electron chi connectivity index (χ1n) is 6.98. The molecule has 2 N–H and O–H groups in total. The third kappa shape index (κ3) is 2.61. The van der Waals surface area contributed by atoms with Gasteiger partial charge in [-0.1, -0.05) is 30.3 Å². The number of nitrogens with two attached hydrogens (primary N) is 1. The molecule has 0 aliphatic heterocycles. The molecule has 0 amide bonds. The smallest absolute Gasteiger partial charge is 0.344 e. The fourth-order valence-corrected chi connectivity index (χ4v) is 2.84. The van der Waals surface area contributed by atoms with Gasteiger partial charge in [0.2, 0.25) is 5.95 Å². The first kappa shape index (κ1) is 15.3. The van der Waals surface area contributed by atoms with Crippen molar-refractivity contribution in [1.29, 1.82) is 0 Å². The van der Waals surface area contributed by atoms with Crippen LogP contribution >= 0.6 is 11.8 Å². The molecule has 1 aromatic carbocycles. The summed E-state index contributed by atoms with van der Waals surface area (Å²) in [5.74, 6) is 0.270. The van der Waals surface area contributed by atoms with Crippen molar-refractivity contribution in [1.82, 2.24) is 19.6 Å². The predicted octanol–water partition coefficient (Wildman–Crippen LogP) is 2.27. The molecule has 0 spiro atoms. The van der Waals surface area contributed by atoms with Crippen LogP contribution in [0, 0.1) is 0 Å². The first-order chi connectivity index (χ1) is 11.2. The molecule has 0 unspecified atom stereocenters. The van der Waals surface area contributed by atoms with E-state index in [-0.39, 0.29) is 18.1 Å². The van der Waals surface area contributed by atoms with Gasteiger partial charge in [0, 0.05) is 5.56 Å². The molecule has 0 aliphatic carbocycles. The number of nitrogens with zero attached hydrogens (tertiary/aromatic N) is 4. The molecule has 2 heterocycles. The van der Waals surface area contributed by atoms with Crippen LogP contribution in [0.25, 0.3) is 17.0 Å². The number of anilines is 1. The van der Waals surface area contributed by atoms with Crippen molar-refractivity contribution >= 4 is 29.3 Å². The van der Waals surface area contributed by atoms with Crippen LogP contribution in [0.1, 0.15) is 17.3 Å². The quantitative estimate of drug-likeness (QED) is 0.445. The Hall–Kier alpha value is -2.61. The molecule has 23 heavy (non-hydrogen) atoms. The highest BCUT2D eigenvalue weighted by Crippen LogP contribution is 2.28. The van der Waals surface area contributed by atoms with Crippen molar-refractivity contribution in [2.45, 2.75) is 11.9 Å². The molecular formula is C15H15N5O2S. The minimum Gasteiger partial charge on any atom is -0.462 e. The lowest BCUT2D eigenvalue weighted by Gasteiger charge is -2.10. The monoisotopic (exact) mass is 329 g/mol. The predicted molar refractivity (Wildman–Crippen MR) is 88.4 cm³/mol. The Morgan fingerprint density at radius 3 is 2.70 bits per heavy atom. The summed E-state index contributed by atoms with van der Waals surface area (Å²) < 4.78 is 6.69. The maximum Gasteiger partial charge on any atom is 0.344 e. The average molecular weight is 329 g/mol. The van der Waals surface area contributed by atoms with Gasteiger partial charge in [-0.3, -0.25) is 0 Å². The normalized spacial score (nSPS) is 10.9. The standard InChI is InChI=1S/C15H15N5O2S/c1-3-22-14(21)10-12-19-18-11(9-7-5-4-6-8-9)20(12)15(16)17-13(10)23-2/h4-8H,3H2,1-2H3,(H2,16,17). The van der Waals surface area contributed by atoms with E-state index in [0.717, 1.165) is 5.56 Å². The van der Waals surface area contributed by atoms with E-state index in [4.69, 9.17) is 10.5 Å². The number of esters is 1. The molecule has 0 atom stereocenters. The van der Waals surface area contributed by atoms with Crippen molar-refractivity contribution < 1.29 is 9.53 Å². The lowest BCUT2D eigenvalue weighted by Crippen LogP contribution is -2.13. The number of rotatable bonds is 4. The van der Waals surface area contributed by atoms with E-state index in [9.17, 15) is 4.79 Å². The van der Waals surface area contributed by atoms with Crippen molar-refractivity contribution in [3.05, 3.63) is 35.9 Å². The average Bonchev–Trinajstić information content (AvgIpc) is 3.01. The third-order valence-electron chi connectivity index (χ3n) is 3.25. The highest BCUT2D eigenvalue weighted by Gasteiger charge is 2.24. The molecule has 3 aromatic rings. The Morgan fingerprint density at radius 2 is 2.04 bits per heavy atom. The second kappa shape index (κ2) is 6.25. The second-order valence-electron chi connectivity index (χ2n) is 4.62. The molecule has 0 saturated carbocycles. The van der Waals surface area contributed by atoms with E-state index in [1.165, 1.54) is 11.8 Å². The van der Waals surface area contributed by atoms with Gasteiger partial charge in [-0.25, -0.2) is 14.2 Å². The fraction of sp³-hybridized carbons (Fsp3) is 0.200. The van der Waals surface area contributed by atoms with Crippen LogP contribution in [-0.4, -0.2) is 38.4 Å². The van der Waals surface area contributed by atoms with E-state index < -0.39 is 5.97 Å². The van der Waals surface area contributed by atoms with E-state index in [1.807, 2.05) is 36.6 Å². The second-order valence-corrected chi connectivity index (χ2v) is 5.42. The minimum absolute atomic E-state index is 0.223. The number of nitrogen functional groups attached to an aromatic ring is 1. The molecule has 118 valence electrons. The van der Waals surface area contributed by atoms with Gasteiger partial charge < -0.3 is 10.5 Å². The summed E-state index contributed by atoms with van der Waals surface area (Å²) in [4.78, 5) is 16.6. The number of fused-ring (bicyclic) bond motifs is 1. The van der Waals surface area contributed by atoms with Crippen LogP contribution in [0.15, 0.2) is 35.4 Å². The molecule has 8 heteroatoms. The number of aromatic nitrogens is 4. The number of carbonyl (C=O) groups is 1. The van der Waals surface area contributed by atoms with Crippen LogP contribution in [-0.2, 0) is 4.74 Å². The van der Waals surface area contributed by atoms with Crippen LogP contribution in [0.3, 0.4) is 0 Å². The zero-order valence-electron chi connectivity index (χ0n) is 12.7. The van der Waals surface area contributed by atoms with Crippen molar-refractivity contribution in [3.8, 4) is 11.4 Å². The van der Waals surface area contributed by atoms with Gasteiger partial charge in [-0.05, 0) is 13.2 Å². The molecule has 0 fully saturated rings. The Morgan fingerprint density at radius 1 is 1.30 bits per heavy atom. The summed E-state index contributed by atoms with van der Waals surface area (Å²) in [6.45, 7) is 2.01. The lowest BCUT2D eigenvalue weighted by molar-refractivity contribution is 0.0523. The highest BCUT2D eigenvalue weighted by molar-refractivity contribution is 7.98. The zero-order chi connectivity index (χ0) is 16.4. The largest absolute Gasteiger partial charge is 0.462 e. The Bertz CT molecular complexity index is 863. The Kier molecular flexibility index (Phi) is 4.16. The van der Waals surface area contributed by atoms with Gasteiger partial charge in [-0.15, -0.1) is 22.0 Å². The van der Waals surface area contributed by atoms with E-state index in [0.29, 0.717) is 16.5 Å². The maximum atomic E-state index is 12.3. The maximum absolute atomic E-state index is 12.3. The van der Waals surface area contributed by atoms with Gasteiger partial charge in [0.25, 0.3) is 0 Å². The van der Waals surface area contributed by atoms with Gasteiger partial charge in [0.15, 0.2) is 11.5 Å². The van der Waals surface area contributed by atoms with Crippen LogP contribution in [0.4, 0.5) is 5.95 Å². The summed E-state index contributed by atoms with van der Waals surface area (Å²) >= 11 is 1.31. The van der Waals surface area contributed by atoms with Crippen molar-refractivity contribution in [3.63, 3.8) is 0 Å². The minimum atomic E-state index is -0.485. The first-order valence-corrected chi connectivity index (χ1v) is 8.21. The molecular weight excluding hydrogens is 314 g/mol. The summed E-state index contributed by atoms with van der Waals surface area (Å²) in [6, 6.07) is 9.47. The summed E-state index contributed by atoms with van der Waals surface area (Å²) in [5, 5.41) is 8.80. The Balaban J connectivity index is 2.30. The molecule has 3 rings (SSSR count). The number of ether oxygens (including phenoxy) is 1. The molecule has 2 aromatic heterocycles. The van der Waals surface area contributed by atoms with Gasteiger partial charge in [-0.2, -0.15) is 0 Å². The summed E-state index contributed by atoms with van der Waals surface area (Å²) in [7, 11) is 0. The molecule has 0 saturated heterocycles. The molecule has 0 bridgehead atoms. The SMILES string of the molecule is CCOC(=O)c1c(SC)nc(N)n2c(-c3ccccc3)nnc12. The lowest BCUT2D eigenvalue weighted by atomic mass is 10.2. The van der Waals surface area contributed by atoms with Gasteiger partial charge >= 0.3 is 5.97 Å².